The molecule has 17 heavy (non-hydrogen) atoms. The molecule has 2 aromatic rings. The summed E-state index contributed by atoms with van der Waals surface area (Å²) in [6.45, 7) is 1.91. The number of pyridine rings is 1. The predicted molar refractivity (Wildman–Crippen MR) is 67.6 cm³/mol. The van der Waals surface area contributed by atoms with Crippen molar-refractivity contribution in [3.63, 3.8) is 0 Å². The molecule has 2 nitrogen and oxygen atoms in total. The Bertz CT molecular complexity index is 506. The van der Waals surface area contributed by atoms with Gasteiger partial charge in [0.15, 0.2) is 0 Å². The number of nitrogen functional groups attached to an aromatic ring is 1. The maximum atomic E-state index is 13.0. The summed E-state index contributed by atoms with van der Waals surface area (Å²) in [4.78, 5) is 4.09. The SMILES string of the molecule is Cc1cc(Cc2ccc(F)c(Cl)c2)cnc1N. The molecule has 0 amide bonds. The minimum atomic E-state index is -0.401. The van der Waals surface area contributed by atoms with E-state index in [1.54, 1.807) is 18.3 Å². The molecule has 88 valence electrons. The van der Waals surface area contributed by atoms with Crippen molar-refractivity contribution in [1.82, 2.24) is 4.98 Å². The molecule has 0 aliphatic heterocycles. The Morgan fingerprint density at radius 1 is 1.29 bits per heavy atom. The van der Waals surface area contributed by atoms with Crippen LogP contribution in [0.15, 0.2) is 30.5 Å². The molecular formula is C13H12ClFN2. The highest BCUT2D eigenvalue weighted by Gasteiger charge is 2.03. The van der Waals surface area contributed by atoms with Gasteiger partial charge in [0.2, 0.25) is 0 Å². The molecule has 0 radical (unpaired) electrons. The van der Waals surface area contributed by atoms with Crippen LogP contribution < -0.4 is 5.73 Å². The standard InChI is InChI=1S/C13H12ClFN2/c1-8-4-10(7-17-13(8)16)5-9-2-3-12(15)11(14)6-9/h2-4,6-7H,5H2,1H3,(H2,16,17). The Labute approximate surface area is 104 Å². The number of nitrogens with two attached hydrogens (primary N) is 1. The van der Waals surface area contributed by atoms with Crippen LogP contribution in [-0.4, -0.2) is 4.98 Å². The maximum Gasteiger partial charge on any atom is 0.141 e. The summed E-state index contributed by atoms with van der Waals surface area (Å²) in [6.07, 6.45) is 2.38. The molecule has 0 saturated heterocycles. The van der Waals surface area contributed by atoms with E-state index in [9.17, 15) is 4.39 Å². The predicted octanol–water partition coefficient (Wildman–Crippen LogP) is 3.36. The first-order valence-corrected chi connectivity index (χ1v) is 5.59. The molecule has 2 N–H and O–H groups in total. The van der Waals surface area contributed by atoms with Crippen molar-refractivity contribution in [2.75, 3.05) is 5.73 Å². The van der Waals surface area contributed by atoms with E-state index in [0.29, 0.717) is 12.2 Å². The number of benzene rings is 1. The summed E-state index contributed by atoms with van der Waals surface area (Å²) in [7, 11) is 0. The molecule has 0 bridgehead atoms. The van der Waals surface area contributed by atoms with Crippen LogP contribution >= 0.6 is 11.6 Å². The average molecular weight is 251 g/mol. The van der Waals surface area contributed by atoms with Crippen LogP contribution in [0.5, 0.6) is 0 Å². The summed E-state index contributed by atoms with van der Waals surface area (Å²) in [6, 6.07) is 6.68. The second-order valence-electron chi connectivity index (χ2n) is 3.97. The summed E-state index contributed by atoms with van der Waals surface area (Å²) in [5.74, 6) is 0.132. The number of aryl methyl sites for hydroxylation is 1. The molecule has 1 aromatic heterocycles. The molecule has 2 rings (SSSR count). The molecule has 1 aromatic carbocycles. The molecule has 0 spiro atoms. The van der Waals surface area contributed by atoms with E-state index in [-0.39, 0.29) is 5.02 Å². The summed E-state index contributed by atoms with van der Waals surface area (Å²) < 4.78 is 13.0. The van der Waals surface area contributed by atoms with Crippen LogP contribution in [-0.2, 0) is 6.42 Å². The second kappa shape index (κ2) is 4.72. The van der Waals surface area contributed by atoms with Crippen LogP contribution in [0.25, 0.3) is 0 Å². The lowest BCUT2D eigenvalue weighted by atomic mass is 10.1. The molecule has 0 unspecified atom stereocenters. The van der Waals surface area contributed by atoms with Gasteiger partial charge in [-0.25, -0.2) is 9.37 Å². The third-order valence-electron chi connectivity index (χ3n) is 2.57. The number of anilines is 1. The lowest BCUT2D eigenvalue weighted by Gasteiger charge is -2.05. The van der Waals surface area contributed by atoms with Crippen LogP contribution in [0.1, 0.15) is 16.7 Å². The Morgan fingerprint density at radius 2 is 2.06 bits per heavy atom. The molecular weight excluding hydrogens is 239 g/mol. The van der Waals surface area contributed by atoms with Gasteiger partial charge in [0.25, 0.3) is 0 Å². The van der Waals surface area contributed by atoms with Crippen molar-refractivity contribution in [2.45, 2.75) is 13.3 Å². The number of rotatable bonds is 2. The molecule has 0 fully saturated rings. The van der Waals surface area contributed by atoms with Gasteiger partial charge in [-0.2, -0.15) is 0 Å². The van der Waals surface area contributed by atoms with Crippen molar-refractivity contribution in [3.8, 4) is 0 Å². The zero-order valence-corrected chi connectivity index (χ0v) is 10.1. The van der Waals surface area contributed by atoms with Crippen LogP contribution in [0, 0.1) is 12.7 Å². The Morgan fingerprint density at radius 3 is 2.71 bits per heavy atom. The highest BCUT2D eigenvalue weighted by atomic mass is 35.5. The van der Waals surface area contributed by atoms with E-state index in [0.717, 1.165) is 16.7 Å². The van der Waals surface area contributed by atoms with Crippen molar-refractivity contribution in [3.05, 3.63) is 58.0 Å². The van der Waals surface area contributed by atoms with E-state index < -0.39 is 5.82 Å². The Balaban J connectivity index is 2.25. The zero-order valence-electron chi connectivity index (χ0n) is 9.37. The fourth-order valence-electron chi connectivity index (χ4n) is 1.63. The van der Waals surface area contributed by atoms with Gasteiger partial charge in [0, 0.05) is 6.20 Å². The number of nitrogens with zero attached hydrogens (tertiary/aromatic N) is 1. The van der Waals surface area contributed by atoms with E-state index in [2.05, 4.69) is 4.98 Å². The van der Waals surface area contributed by atoms with Gasteiger partial charge >= 0.3 is 0 Å². The van der Waals surface area contributed by atoms with Gasteiger partial charge in [-0.05, 0) is 42.2 Å². The van der Waals surface area contributed by atoms with E-state index in [1.165, 1.54) is 6.07 Å². The molecule has 0 aliphatic rings. The quantitative estimate of drug-likeness (QED) is 0.888. The first-order chi connectivity index (χ1) is 8.06. The van der Waals surface area contributed by atoms with Gasteiger partial charge in [-0.15, -0.1) is 0 Å². The number of hydrogen-bond acceptors (Lipinski definition) is 2. The van der Waals surface area contributed by atoms with E-state index >= 15 is 0 Å². The van der Waals surface area contributed by atoms with Crippen molar-refractivity contribution < 1.29 is 4.39 Å². The van der Waals surface area contributed by atoms with Crippen molar-refractivity contribution >= 4 is 17.4 Å². The Hall–Kier alpha value is -1.61. The summed E-state index contributed by atoms with van der Waals surface area (Å²) in [5.41, 5.74) is 8.56. The molecule has 0 atom stereocenters. The zero-order chi connectivity index (χ0) is 12.4. The van der Waals surface area contributed by atoms with Gasteiger partial charge in [0.05, 0.1) is 5.02 Å². The Kier molecular flexibility index (Phi) is 3.29. The van der Waals surface area contributed by atoms with Crippen molar-refractivity contribution in [1.29, 1.82) is 0 Å². The monoisotopic (exact) mass is 250 g/mol. The third kappa shape index (κ3) is 2.74. The highest BCUT2D eigenvalue weighted by Crippen LogP contribution is 2.19. The van der Waals surface area contributed by atoms with E-state index in [4.69, 9.17) is 17.3 Å². The smallest absolute Gasteiger partial charge is 0.141 e. The minimum absolute atomic E-state index is 0.141. The normalized spacial score (nSPS) is 10.5. The maximum absolute atomic E-state index is 13.0. The molecule has 0 aliphatic carbocycles. The second-order valence-corrected chi connectivity index (χ2v) is 4.38. The summed E-state index contributed by atoms with van der Waals surface area (Å²) in [5, 5.41) is 0.141. The van der Waals surface area contributed by atoms with Gasteiger partial charge in [-0.3, -0.25) is 0 Å². The number of aromatic nitrogens is 1. The third-order valence-corrected chi connectivity index (χ3v) is 2.86. The fraction of sp³-hybridized carbons (Fsp3) is 0.154. The fourth-order valence-corrected chi connectivity index (χ4v) is 1.83. The van der Waals surface area contributed by atoms with Crippen LogP contribution in [0.3, 0.4) is 0 Å². The van der Waals surface area contributed by atoms with Crippen LogP contribution in [0.2, 0.25) is 5.02 Å². The molecule has 0 saturated carbocycles. The van der Waals surface area contributed by atoms with Crippen molar-refractivity contribution in [2.24, 2.45) is 0 Å². The lowest BCUT2D eigenvalue weighted by Crippen LogP contribution is -1.97. The van der Waals surface area contributed by atoms with Gasteiger partial charge < -0.3 is 5.73 Å². The average Bonchev–Trinajstić information content (AvgIpc) is 2.29. The summed E-state index contributed by atoms with van der Waals surface area (Å²) >= 11 is 5.73. The van der Waals surface area contributed by atoms with Crippen LogP contribution in [0.4, 0.5) is 10.2 Å². The molecule has 4 heteroatoms. The first kappa shape index (κ1) is 11.9. The molecule has 1 heterocycles. The lowest BCUT2D eigenvalue weighted by molar-refractivity contribution is 0.627. The topological polar surface area (TPSA) is 38.9 Å². The van der Waals surface area contributed by atoms with Gasteiger partial charge in [0.1, 0.15) is 11.6 Å². The van der Waals surface area contributed by atoms with E-state index in [1.807, 2.05) is 13.0 Å². The largest absolute Gasteiger partial charge is 0.383 e. The number of hydrogen-bond donors (Lipinski definition) is 1. The highest BCUT2D eigenvalue weighted by molar-refractivity contribution is 6.30. The number of halogens is 2. The minimum Gasteiger partial charge on any atom is -0.383 e. The first-order valence-electron chi connectivity index (χ1n) is 5.21. The van der Waals surface area contributed by atoms with Gasteiger partial charge in [-0.1, -0.05) is 23.7 Å².